The zero-order valence-corrected chi connectivity index (χ0v) is 10.8. The summed E-state index contributed by atoms with van der Waals surface area (Å²) in [6.45, 7) is 0. The molecule has 0 saturated heterocycles. The molecule has 1 saturated carbocycles. The van der Waals surface area contributed by atoms with Gasteiger partial charge in [-0.2, -0.15) is 0 Å². The van der Waals surface area contributed by atoms with E-state index < -0.39 is 0 Å². The van der Waals surface area contributed by atoms with Crippen LogP contribution in [-0.2, 0) is 0 Å². The van der Waals surface area contributed by atoms with Crippen LogP contribution in [0.15, 0.2) is 15.9 Å². The first kappa shape index (κ1) is 11.3. The first-order valence-electron chi connectivity index (χ1n) is 5.22. The second kappa shape index (κ2) is 4.76. The zero-order valence-electron chi connectivity index (χ0n) is 8.41. The summed E-state index contributed by atoms with van der Waals surface area (Å²) in [5, 5.41) is 0. The van der Waals surface area contributed by atoms with Crippen LogP contribution in [0.5, 0.6) is 0 Å². The highest BCUT2D eigenvalue weighted by atomic mass is 79.9. The smallest absolute Gasteiger partial charge is 0.175 e. The lowest BCUT2D eigenvalue weighted by Gasteiger charge is -2.24. The van der Waals surface area contributed by atoms with Gasteiger partial charge in [0.2, 0.25) is 0 Å². The molecular weight excluding hydrogens is 274 g/mol. The molecule has 82 valence electrons. The number of carbonyl (C=O) groups excluding carboxylic acids is 1. The topological polar surface area (TPSA) is 43.1 Å². The molecule has 15 heavy (non-hydrogen) atoms. The number of nitrogens with two attached hydrogens (primary N) is 1. The van der Waals surface area contributed by atoms with Gasteiger partial charge in [0.1, 0.15) is 0 Å². The molecule has 0 aromatic carbocycles. The number of halogens is 1. The van der Waals surface area contributed by atoms with Crippen molar-refractivity contribution in [3.8, 4) is 0 Å². The van der Waals surface area contributed by atoms with Crippen molar-refractivity contribution >= 4 is 33.0 Å². The van der Waals surface area contributed by atoms with Gasteiger partial charge in [0.05, 0.1) is 8.66 Å². The summed E-state index contributed by atoms with van der Waals surface area (Å²) in [6, 6.07) is 4.15. The largest absolute Gasteiger partial charge is 0.328 e. The first-order chi connectivity index (χ1) is 7.16. The van der Waals surface area contributed by atoms with Crippen LogP contribution in [0.3, 0.4) is 0 Å². The van der Waals surface area contributed by atoms with Crippen LogP contribution in [-0.4, -0.2) is 11.8 Å². The molecule has 2 rings (SSSR count). The van der Waals surface area contributed by atoms with Crippen molar-refractivity contribution in [3.05, 3.63) is 20.8 Å². The van der Waals surface area contributed by atoms with Gasteiger partial charge in [-0.1, -0.05) is 0 Å². The molecule has 4 heteroatoms. The molecule has 1 aliphatic carbocycles. The molecule has 0 bridgehead atoms. The van der Waals surface area contributed by atoms with E-state index in [1.165, 1.54) is 11.3 Å². The fraction of sp³-hybridized carbons (Fsp3) is 0.545. The van der Waals surface area contributed by atoms with Gasteiger partial charge in [-0.3, -0.25) is 4.79 Å². The number of rotatable bonds is 2. The van der Waals surface area contributed by atoms with Gasteiger partial charge in [0, 0.05) is 12.0 Å². The molecule has 2 N–H and O–H groups in total. The van der Waals surface area contributed by atoms with Crippen LogP contribution < -0.4 is 5.73 Å². The van der Waals surface area contributed by atoms with Crippen LogP contribution in [0.1, 0.15) is 35.4 Å². The van der Waals surface area contributed by atoms with E-state index in [1.807, 2.05) is 12.1 Å². The van der Waals surface area contributed by atoms with Crippen LogP contribution in [0.2, 0.25) is 0 Å². The third-order valence-corrected chi connectivity index (χ3v) is 4.60. The Labute approximate surface area is 102 Å². The minimum absolute atomic E-state index is 0.204. The number of hydrogen-bond acceptors (Lipinski definition) is 3. The van der Waals surface area contributed by atoms with Crippen LogP contribution >= 0.6 is 27.3 Å². The van der Waals surface area contributed by atoms with Crippen molar-refractivity contribution in [3.63, 3.8) is 0 Å². The molecule has 0 unspecified atom stereocenters. The van der Waals surface area contributed by atoms with E-state index in [0.29, 0.717) is 11.8 Å². The minimum Gasteiger partial charge on any atom is -0.328 e. The van der Waals surface area contributed by atoms with E-state index in [0.717, 1.165) is 34.3 Å². The van der Waals surface area contributed by atoms with Crippen LogP contribution in [0.4, 0.5) is 0 Å². The molecule has 1 heterocycles. The van der Waals surface area contributed by atoms with E-state index >= 15 is 0 Å². The summed E-state index contributed by atoms with van der Waals surface area (Å²) < 4.78 is 1.03. The lowest BCUT2D eigenvalue weighted by molar-refractivity contribution is 0.0889. The fourth-order valence-corrected chi connectivity index (χ4v) is 3.43. The van der Waals surface area contributed by atoms with Crippen molar-refractivity contribution in [2.75, 3.05) is 0 Å². The van der Waals surface area contributed by atoms with Crippen LogP contribution in [0.25, 0.3) is 0 Å². The number of Topliss-reactive ketones (excluding diaryl/α,β-unsaturated/α-hetero) is 1. The van der Waals surface area contributed by atoms with E-state index in [9.17, 15) is 4.79 Å². The highest BCUT2D eigenvalue weighted by molar-refractivity contribution is 9.11. The fourth-order valence-electron chi connectivity index (χ4n) is 2.03. The van der Waals surface area contributed by atoms with Crippen molar-refractivity contribution < 1.29 is 4.79 Å². The Balaban J connectivity index is 2.02. The van der Waals surface area contributed by atoms with E-state index in [1.54, 1.807) is 0 Å². The molecule has 2 nitrogen and oxygen atoms in total. The molecule has 0 spiro atoms. The van der Waals surface area contributed by atoms with Gasteiger partial charge >= 0.3 is 0 Å². The van der Waals surface area contributed by atoms with Crippen molar-refractivity contribution in [2.45, 2.75) is 31.7 Å². The number of hydrogen-bond donors (Lipinski definition) is 1. The van der Waals surface area contributed by atoms with Gasteiger partial charge in [0.25, 0.3) is 0 Å². The third-order valence-electron chi connectivity index (χ3n) is 2.96. The lowest BCUT2D eigenvalue weighted by atomic mass is 9.83. The Morgan fingerprint density at radius 1 is 1.33 bits per heavy atom. The van der Waals surface area contributed by atoms with Gasteiger partial charge in [0.15, 0.2) is 5.78 Å². The predicted octanol–water partition coefficient (Wildman–Crippen LogP) is 3.21. The maximum atomic E-state index is 12.1. The number of carbonyl (C=O) groups is 1. The normalized spacial score (nSPS) is 26.5. The monoisotopic (exact) mass is 287 g/mol. The average molecular weight is 288 g/mol. The SMILES string of the molecule is NC1CCC(C(=O)c2ccc(Br)s2)CC1. The second-order valence-electron chi connectivity index (χ2n) is 4.08. The van der Waals surface area contributed by atoms with Gasteiger partial charge in [-0.05, 0) is 53.7 Å². The van der Waals surface area contributed by atoms with Gasteiger partial charge in [-0.25, -0.2) is 0 Å². The molecule has 0 atom stereocenters. The Bertz CT molecular complexity index is 355. The van der Waals surface area contributed by atoms with Crippen molar-refractivity contribution in [2.24, 2.45) is 11.7 Å². The molecule has 1 aromatic heterocycles. The summed E-state index contributed by atoms with van der Waals surface area (Å²) in [7, 11) is 0. The molecule has 1 aliphatic rings. The Morgan fingerprint density at radius 3 is 2.53 bits per heavy atom. The molecule has 1 fully saturated rings. The quantitative estimate of drug-likeness (QED) is 0.849. The summed E-state index contributed by atoms with van der Waals surface area (Å²) in [5.41, 5.74) is 5.82. The molecule has 1 aromatic rings. The summed E-state index contributed by atoms with van der Waals surface area (Å²) in [4.78, 5) is 12.9. The van der Waals surface area contributed by atoms with Crippen molar-refractivity contribution in [1.29, 1.82) is 0 Å². The maximum Gasteiger partial charge on any atom is 0.175 e. The Morgan fingerprint density at radius 2 is 2.00 bits per heavy atom. The predicted molar refractivity (Wildman–Crippen MR) is 66.3 cm³/mol. The molecule has 0 radical (unpaired) electrons. The molecule has 0 amide bonds. The van der Waals surface area contributed by atoms with Gasteiger partial charge in [-0.15, -0.1) is 11.3 Å². The van der Waals surface area contributed by atoms with Crippen LogP contribution in [0, 0.1) is 5.92 Å². The van der Waals surface area contributed by atoms with E-state index in [2.05, 4.69) is 15.9 Å². The molecule has 0 aliphatic heterocycles. The zero-order chi connectivity index (χ0) is 10.8. The van der Waals surface area contributed by atoms with Gasteiger partial charge < -0.3 is 5.73 Å². The lowest BCUT2D eigenvalue weighted by Crippen LogP contribution is -2.29. The maximum absolute atomic E-state index is 12.1. The standard InChI is InChI=1S/C11H14BrNOS/c12-10-6-5-9(15-10)11(14)7-1-3-8(13)4-2-7/h5-8H,1-4,13H2. The first-order valence-corrected chi connectivity index (χ1v) is 6.83. The number of thiophene rings is 1. The van der Waals surface area contributed by atoms with E-state index in [-0.39, 0.29) is 5.92 Å². The average Bonchev–Trinajstić information content (AvgIpc) is 2.65. The Hall–Kier alpha value is -0.190. The Kier molecular flexibility index (Phi) is 3.59. The highest BCUT2D eigenvalue weighted by Gasteiger charge is 2.26. The van der Waals surface area contributed by atoms with E-state index in [4.69, 9.17) is 5.73 Å². The highest BCUT2D eigenvalue weighted by Crippen LogP contribution is 2.30. The summed E-state index contributed by atoms with van der Waals surface area (Å²) >= 11 is 4.91. The summed E-state index contributed by atoms with van der Waals surface area (Å²) in [6.07, 6.45) is 3.89. The number of ketones is 1. The third kappa shape index (κ3) is 2.68. The molecular formula is C11H14BrNOS. The second-order valence-corrected chi connectivity index (χ2v) is 6.54. The minimum atomic E-state index is 0.204. The van der Waals surface area contributed by atoms with Crippen molar-refractivity contribution in [1.82, 2.24) is 0 Å². The summed E-state index contributed by atoms with van der Waals surface area (Å²) in [5.74, 6) is 0.507.